The van der Waals surface area contributed by atoms with Crippen molar-refractivity contribution in [2.45, 2.75) is 37.6 Å². The maximum Gasteiger partial charge on any atom is 0.573 e. The third-order valence-electron chi connectivity index (χ3n) is 5.80. The van der Waals surface area contributed by atoms with E-state index in [2.05, 4.69) is 4.74 Å². The highest BCUT2D eigenvalue weighted by Gasteiger charge is 2.53. The SMILES string of the molecule is COc1ccc(OC(F)(F)F)c([C@@]2(O)CC3CCC(C3)[C@@H]2CN(C)C)c1. The molecule has 2 unspecified atom stereocenters. The summed E-state index contributed by atoms with van der Waals surface area (Å²) in [4.78, 5) is 1.98. The van der Waals surface area contributed by atoms with Gasteiger partial charge in [-0.15, -0.1) is 13.2 Å². The number of hydrogen-bond donors (Lipinski definition) is 1. The Morgan fingerprint density at radius 3 is 2.62 bits per heavy atom. The van der Waals surface area contributed by atoms with Gasteiger partial charge in [-0.05, 0) is 63.4 Å². The number of ether oxygens (including phenoxy) is 2. The minimum Gasteiger partial charge on any atom is -0.497 e. The van der Waals surface area contributed by atoms with Crippen molar-refractivity contribution in [2.75, 3.05) is 27.7 Å². The minimum atomic E-state index is -4.82. The monoisotopic (exact) mass is 373 g/mol. The van der Waals surface area contributed by atoms with Gasteiger partial charge in [-0.25, -0.2) is 0 Å². The minimum absolute atomic E-state index is 0.154. The zero-order valence-corrected chi connectivity index (χ0v) is 15.3. The molecule has 1 aromatic carbocycles. The predicted octanol–water partition coefficient (Wildman–Crippen LogP) is 3.78. The summed E-state index contributed by atoms with van der Waals surface area (Å²) >= 11 is 0. The maximum atomic E-state index is 12.9. The van der Waals surface area contributed by atoms with E-state index >= 15 is 0 Å². The molecule has 0 amide bonds. The van der Waals surface area contributed by atoms with Crippen molar-refractivity contribution in [3.8, 4) is 11.5 Å². The number of aliphatic hydroxyl groups is 1. The summed E-state index contributed by atoms with van der Waals surface area (Å²) in [5.74, 6) is 0.536. The van der Waals surface area contributed by atoms with E-state index in [0.29, 0.717) is 30.6 Å². The predicted molar refractivity (Wildman–Crippen MR) is 91.1 cm³/mol. The summed E-state index contributed by atoms with van der Waals surface area (Å²) in [5, 5.41) is 11.7. The van der Waals surface area contributed by atoms with E-state index in [1.54, 1.807) is 0 Å². The van der Waals surface area contributed by atoms with Crippen LogP contribution in [0, 0.1) is 17.8 Å². The fourth-order valence-electron chi connectivity index (χ4n) is 4.84. The Labute approximate surface area is 151 Å². The molecule has 0 radical (unpaired) electrons. The summed E-state index contributed by atoms with van der Waals surface area (Å²) < 4.78 is 48.2. The third-order valence-corrected chi connectivity index (χ3v) is 5.80. The van der Waals surface area contributed by atoms with Crippen LogP contribution in [-0.2, 0) is 5.60 Å². The molecule has 7 heteroatoms. The number of fused-ring (bicyclic) bond motifs is 2. The van der Waals surface area contributed by atoms with Crippen LogP contribution in [0.4, 0.5) is 13.2 Å². The van der Waals surface area contributed by atoms with Gasteiger partial charge in [-0.3, -0.25) is 0 Å². The summed E-state index contributed by atoms with van der Waals surface area (Å²) in [5.41, 5.74) is -1.19. The van der Waals surface area contributed by atoms with Gasteiger partial charge in [0.05, 0.1) is 12.7 Å². The van der Waals surface area contributed by atoms with Crippen molar-refractivity contribution in [3.63, 3.8) is 0 Å². The molecule has 1 aromatic rings. The third kappa shape index (κ3) is 3.78. The van der Waals surface area contributed by atoms with Crippen LogP contribution in [-0.4, -0.2) is 44.1 Å². The lowest BCUT2D eigenvalue weighted by Gasteiger charge is -2.46. The molecule has 0 heterocycles. The number of alkyl halides is 3. The molecule has 0 aromatic heterocycles. The molecule has 2 saturated carbocycles. The average Bonchev–Trinajstić information content (AvgIpc) is 2.93. The molecule has 1 N–H and O–H groups in total. The topological polar surface area (TPSA) is 41.9 Å². The van der Waals surface area contributed by atoms with Gasteiger partial charge in [-0.2, -0.15) is 0 Å². The lowest BCUT2D eigenvalue weighted by atomic mass is 9.65. The highest BCUT2D eigenvalue weighted by atomic mass is 19.4. The van der Waals surface area contributed by atoms with Crippen LogP contribution in [0.15, 0.2) is 18.2 Å². The maximum absolute atomic E-state index is 12.9. The Morgan fingerprint density at radius 1 is 1.27 bits per heavy atom. The second-order valence-electron chi connectivity index (χ2n) is 7.85. The van der Waals surface area contributed by atoms with Crippen LogP contribution in [0.5, 0.6) is 11.5 Å². The van der Waals surface area contributed by atoms with Gasteiger partial charge in [-0.1, -0.05) is 6.42 Å². The number of hydrogen-bond acceptors (Lipinski definition) is 4. The molecule has 2 aliphatic carbocycles. The van der Waals surface area contributed by atoms with Crippen LogP contribution in [0.25, 0.3) is 0 Å². The first kappa shape index (κ1) is 19.3. The standard InChI is InChI=1S/C19H26F3NO3/c1-23(2)11-16-13-5-4-12(8-13)10-18(16,24)15-9-14(25-3)6-7-17(15)26-19(20,21)22/h6-7,9,12-13,16,24H,4-5,8,10-11H2,1-3H3/t12?,13?,16-,18-/m0/s1. The van der Waals surface area contributed by atoms with Gasteiger partial charge in [0.1, 0.15) is 11.5 Å². The first-order valence-electron chi connectivity index (χ1n) is 8.93. The van der Waals surface area contributed by atoms with E-state index in [1.165, 1.54) is 25.3 Å². The molecular weight excluding hydrogens is 347 g/mol. The molecular formula is C19H26F3NO3. The van der Waals surface area contributed by atoms with E-state index < -0.39 is 12.0 Å². The van der Waals surface area contributed by atoms with E-state index in [-0.39, 0.29) is 17.2 Å². The summed E-state index contributed by atoms with van der Waals surface area (Å²) in [6, 6.07) is 4.16. The van der Waals surface area contributed by atoms with Gasteiger partial charge >= 0.3 is 6.36 Å². The molecule has 0 spiro atoms. The lowest BCUT2D eigenvalue weighted by Crippen LogP contribution is -2.47. The van der Waals surface area contributed by atoms with Crippen LogP contribution in [0.3, 0.4) is 0 Å². The summed E-state index contributed by atoms with van der Waals surface area (Å²) in [6.45, 7) is 0.608. The van der Waals surface area contributed by atoms with Crippen LogP contribution in [0.1, 0.15) is 31.2 Å². The fraction of sp³-hybridized carbons (Fsp3) is 0.684. The molecule has 4 atom stereocenters. The number of methoxy groups -OCH3 is 1. The number of benzene rings is 1. The van der Waals surface area contributed by atoms with Crippen molar-refractivity contribution in [1.82, 2.24) is 4.90 Å². The molecule has 4 nitrogen and oxygen atoms in total. The van der Waals surface area contributed by atoms with E-state index in [0.717, 1.165) is 19.3 Å². The molecule has 0 aliphatic heterocycles. The molecule has 2 aliphatic rings. The summed E-state index contributed by atoms with van der Waals surface area (Å²) in [7, 11) is 5.29. The number of rotatable bonds is 5. The average molecular weight is 373 g/mol. The Morgan fingerprint density at radius 2 is 2.00 bits per heavy atom. The van der Waals surface area contributed by atoms with Crippen LogP contribution in [0.2, 0.25) is 0 Å². The van der Waals surface area contributed by atoms with E-state index in [4.69, 9.17) is 4.74 Å². The van der Waals surface area contributed by atoms with E-state index in [1.807, 2.05) is 19.0 Å². The normalized spacial score (nSPS) is 31.3. The lowest BCUT2D eigenvalue weighted by molar-refractivity contribution is -0.275. The Kier molecular flexibility index (Phi) is 5.14. The van der Waals surface area contributed by atoms with E-state index in [9.17, 15) is 18.3 Å². The van der Waals surface area contributed by atoms with Crippen molar-refractivity contribution in [3.05, 3.63) is 23.8 Å². The quantitative estimate of drug-likeness (QED) is 0.853. The highest BCUT2D eigenvalue weighted by Crippen LogP contribution is 2.56. The van der Waals surface area contributed by atoms with Crippen LogP contribution >= 0.6 is 0 Å². The smallest absolute Gasteiger partial charge is 0.497 e. The first-order chi connectivity index (χ1) is 12.1. The van der Waals surface area contributed by atoms with Gasteiger partial charge in [0.15, 0.2) is 0 Å². The Bertz CT molecular complexity index is 649. The zero-order chi connectivity index (χ0) is 19.1. The largest absolute Gasteiger partial charge is 0.573 e. The van der Waals surface area contributed by atoms with Crippen LogP contribution < -0.4 is 9.47 Å². The Balaban J connectivity index is 2.08. The molecule has 3 rings (SSSR count). The van der Waals surface area contributed by atoms with Gasteiger partial charge in [0.25, 0.3) is 0 Å². The number of halogens is 3. The second-order valence-corrected chi connectivity index (χ2v) is 7.85. The molecule has 2 fully saturated rings. The van der Waals surface area contributed by atoms with Crippen molar-refractivity contribution in [2.24, 2.45) is 17.8 Å². The van der Waals surface area contributed by atoms with Gasteiger partial charge in [0.2, 0.25) is 0 Å². The zero-order valence-electron chi connectivity index (χ0n) is 15.3. The Hall–Kier alpha value is -1.47. The molecule has 26 heavy (non-hydrogen) atoms. The molecule has 2 bridgehead atoms. The first-order valence-corrected chi connectivity index (χ1v) is 8.93. The highest BCUT2D eigenvalue weighted by molar-refractivity contribution is 5.45. The van der Waals surface area contributed by atoms with Crippen molar-refractivity contribution in [1.29, 1.82) is 0 Å². The second kappa shape index (κ2) is 6.93. The van der Waals surface area contributed by atoms with Gasteiger partial charge < -0.3 is 19.5 Å². The molecule has 0 saturated heterocycles. The van der Waals surface area contributed by atoms with Crippen molar-refractivity contribution < 1.29 is 27.8 Å². The van der Waals surface area contributed by atoms with Crippen molar-refractivity contribution >= 4 is 0 Å². The van der Waals surface area contributed by atoms with Gasteiger partial charge in [0, 0.05) is 18.0 Å². The summed E-state index contributed by atoms with van der Waals surface area (Å²) in [6.07, 6.45) is -1.32. The fourth-order valence-corrected chi connectivity index (χ4v) is 4.84. The molecule has 146 valence electrons. The number of nitrogens with zero attached hydrogens (tertiary/aromatic N) is 1.